The van der Waals surface area contributed by atoms with Crippen molar-refractivity contribution in [3.8, 4) is 5.75 Å². The Labute approximate surface area is 265 Å². The zero-order valence-electron chi connectivity index (χ0n) is 25.1. The molecule has 2 unspecified atom stereocenters. The maximum absolute atomic E-state index is 14.2. The van der Waals surface area contributed by atoms with Crippen LogP contribution in [0, 0.1) is 6.92 Å². The highest BCUT2D eigenvalue weighted by Gasteiger charge is 2.34. The van der Waals surface area contributed by atoms with E-state index in [2.05, 4.69) is 5.32 Å². The smallest absolute Gasteiger partial charge is 0.264 e. The summed E-state index contributed by atoms with van der Waals surface area (Å²) in [6, 6.07) is 16.9. The van der Waals surface area contributed by atoms with Gasteiger partial charge < -0.3 is 15.0 Å². The third kappa shape index (κ3) is 8.87. The highest BCUT2D eigenvalue weighted by Crippen LogP contribution is 2.28. The van der Waals surface area contributed by atoms with Crippen LogP contribution in [0.1, 0.15) is 51.7 Å². The maximum Gasteiger partial charge on any atom is 0.264 e. The van der Waals surface area contributed by atoms with Crippen LogP contribution >= 0.6 is 23.2 Å². The number of carbonyl (C=O) groups is 2. The summed E-state index contributed by atoms with van der Waals surface area (Å²) in [6.45, 7) is 9.29. The number of sulfonamides is 1. The molecule has 0 spiro atoms. The summed E-state index contributed by atoms with van der Waals surface area (Å²) in [6.07, 6.45) is 1.02. The van der Waals surface area contributed by atoms with E-state index < -0.39 is 28.5 Å². The molecule has 0 fully saturated rings. The van der Waals surface area contributed by atoms with Crippen LogP contribution in [-0.4, -0.2) is 50.4 Å². The van der Waals surface area contributed by atoms with Gasteiger partial charge in [0.1, 0.15) is 18.3 Å². The maximum atomic E-state index is 14.2. The van der Waals surface area contributed by atoms with Gasteiger partial charge in [0.05, 0.1) is 27.2 Å². The fraction of sp³-hybridized carbons (Fsp3) is 0.375. The highest BCUT2D eigenvalue weighted by molar-refractivity contribution is 7.92. The zero-order chi connectivity index (χ0) is 31.7. The van der Waals surface area contributed by atoms with E-state index in [1.54, 1.807) is 54.6 Å². The van der Waals surface area contributed by atoms with Gasteiger partial charge in [-0.3, -0.25) is 13.9 Å². The fourth-order valence-corrected chi connectivity index (χ4v) is 6.17. The van der Waals surface area contributed by atoms with E-state index in [9.17, 15) is 18.0 Å². The molecule has 43 heavy (non-hydrogen) atoms. The summed E-state index contributed by atoms with van der Waals surface area (Å²) >= 11 is 12.4. The molecule has 11 heteroatoms. The number of nitrogens with one attached hydrogen (secondary N) is 1. The Kier molecular flexibility index (Phi) is 12.3. The van der Waals surface area contributed by atoms with E-state index >= 15 is 0 Å². The van der Waals surface area contributed by atoms with Gasteiger partial charge >= 0.3 is 0 Å². The second kappa shape index (κ2) is 15.5. The average molecular weight is 649 g/mol. The van der Waals surface area contributed by atoms with Crippen LogP contribution in [0.3, 0.4) is 0 Å². The fourth-order valence-electron chi connectivity index (χ4n) is 4.44. The van der Waals surface area contributed by atoms with Gasteiger partial charge in [0.15, 0.2) is 0 Å². The molecule has 3 rings (SSSR count). The lowest BCUT2D eigenvalue weighted by Gasteiger charge is -2.33. The molecule has 2 amide bonds. The third-order valence-electron chi connectivity index (χ3n) is 7.05. The van der Waals surface area contributed by atoms with Crippen molar-refractivity contribution in [1.29, 1.82) is 0 Å². The average Bonchev–Trinajstić information content (AvgIpc) is 2.98. The number of hydrogen-bond donors (Lipinski definition) is 1. The first kappa shape index (κ1) is 34.2. The molecule has 0 aliphatic rings. The van der Waals surface area contributed by atoms with Gasteiger partial charge in [-0.25, -0.2) is 8.42 Å². The van der Waals surface area contributed by atoms with Crippen molar-refractivity contribution in [2.45, 2.75) is 71.0 Å². The van der Waals surface area contributed by atoms with Gasteiger partial charge in [-0.1, -0.05) is 60.8 Å². The predicted octanol–water partition coefficient (Wildman–Crippen LogP) is 6.62. The highest BCUT2D eigenvalue weighted by atomic mass is 35.5. The van der Waals surface area contributed by atoms with E-state index in [-0.39, 0.29) is 29.1 Å². The largest absolute Gasteiger partial charge is 0.494 e. The minimum Gasteiger partial charge on any atom is -0.494 e. The number of benzene rings is 3. The molecule has 0 saturated heterocycles. The van der Waals surface area contributed by atoms with Crippen molar-refractivity contribution < 1.29 is 22.7 Å². The van der Waals surface area contributed by atoms with Crippen LogP contribution in [0.2, 0.25) is 10.0 Å². The summed E-state index contributed by atoms with van der Waals surface area (Å²) in [5, 5.41) is 3.63. The third-order valence-corrected chi connectivity index (χ3v) is 9.57. The number of rotatable bonds is 14. The molecule has 2 atom stereocenters. The molecule has 3 aromatic rings. The Morgan fingerprint density at radius 2 is 1.56 bits per heavy atom. The second-order valence-electron chi connectivity index (χ2n) is 10.3. The van der Waals surface area contributed by atoms with E-state index in [0.717, 1.165) is 9.87 Å². The molecule has 0 bridgehead atoms. The number of halogens is 2. The van der Waals surface area contributed by atoms with Crippen molar-refractivity contribution in [1.82, 2.24) is 10.2 Å². The number of anilines is 1. The lowest BCUT2D eigenvalue weighted by atomic mass is 10.1. The summed E-state index contributed by atoms with van der Waals surface area (Å²) in [4.78, 5) is 29.1. The molecular formula is C32H39Cl2N3O5S. The number of hydrogen-bond acceptors (Lipinski definition) is 5. The van der Waals surface area contributed by atoms with Crippen LogP contribution in [-0.2, 0) is 26.2 Å². The molecule has 232 valence electrons. The SMILES string of the molecule is CCOc1ccc(N(CC(=O)N(Cc2ccc(Cl)c(Cl)c2)C(CC)C(=O)NC(C)CC)S(=O)(=O)c2ccc(C)cc2)cc1. The van der Waals surface area contributed by atoms with Crippen LogP contribution in [0.4, 0.5) is 5.69 Å². The van der Waals surface area contributed by atoms with E-state index in [4.69, 9.17) is 27.9 Å². The van der Waals surface area contributed by atoms with Gasteiger partial charge in [0.25, 0.3) is 10.0 Å². The number of aryl methyl sites for hydroxylation is 1. The lowest BCUT2D eigenvalue weighted by molar-refractivity contribution is -0.140. The van der Waals surface area contributed by atoms with E-state index in [1.807, 2.05) is 34.6 Å². The quantitative estimate of drug-likeness (QED) is 0.212. The van der Waals surface area contributed by atoms with Gasteiger partial charge in [0, 0.05) is 12.6 Å². The summed E-state index contributed by atoms with van der Waals surface area (Å²) in [5.41, 5.74) is 1.82. The summed E-state index contributed by atoms with van der Waals surface area (Å²) < 4.78 is 34.6. The Hall–Kier alpha value is -3.27. The molecule has 0 aliphatic carbocycles. The van der Waals surface area contributed by atoms with Crippen LogP contribution < -0.4 is 14.4 Å². The molecule has 0 saturated carbocycles. The molecule has 1 N–H and O–H groups in total. The predicted molar refractivity (Wildman–Crippen MR) is 172 cm³/mol. The molecule has 0 aliphatic heterocycles. The van der Waals surface area contributed by atoms with Crippen LogP contribution in [0.25, 0.3) is 0 Å². The first-order valence-electron chi connectivity index (χ1n) is 14.3. The van der Waals surface area contributed by atoms with E-state index in [1.165, 1.54) is 17.0 Å². The number of carbonyl (C=O) groups excluding carboxylic acids is 2. The normalized spacial score (nSPS) is 12.7. The van der Waals surface area contributed by atoms with Crippen molar-refractivity contribution in [3.63, 3.8) is 0 Å². The summed E-state index contributed by atoms with van der Waals surface area (Å²) in [7, 11) is -4.18. The van der Waals surface area contributed by atoms with Gasteiger partial charge in [-0.15, -0.1) is 0 Å². The Balaban J connectivity index is 2.08. The minimum absolute atomic E-state index is 0.0177. The Bertz CT molecular complexity index is 1500. The number of nitrogens with zero attached hydrogens (tertiary/aromatic N) is 2. The first-order chi connectivity index (χ1) is 20.4. The topological polar surface area (TPSA) is 96.0 Å². The van der Waals surface area contributed by atoms with E-state index in [0.29, 0.717) is 40.8 Å². The molecule has 3 aromatic carbocycles. The molecular weight excluding hydrogens is 609 g/mol. The lowest BCUT2D eigenvalue weighted by Crippen LogP contribution is -2.53. The number of ether oxygens (including phenoxy) is 1. The second-order valence-corrected chi connectivity index (χ2v) is 12.9. The van der Waals surface area contributed by atoms with Gasteiger partial charge in [-0.05, 0) is 87.7 Å². The first-order valence-corrected chi connectivity index (χ1v) is 16.5. The minimum atomic E-state index is -4.18. The summed E-state index contributed by atoms with van der Waals surface area (Å²) in [5.74, 6) is -0.305. The standard InChI is InChI=1S/C32H39Cl2N3O5S/c1-6-23(5)35-32(39)30(7-2)36(20-24-11-18-28(33)29(34)19-24)31(38)21-37(25-12-14-26(15-13-25)42-8-3)43(40,41)27-16-9-22(4)10-17-27/h9-19,23,30H,6-8,20-21H2,1-5H3,(H,35,39). The van der Waals surface area contributed by atoms with Crippen LogP contribution in [0.15, 0.2) is 71.6 Å². The van der Waals surface area contributed by atoms with Crippen molar-refractivity contribution in [2.75, 3.05) is 17.5 Å². The number of amides is 2. The molecule has 8 nitrogen and oxygen atoms in total. The molecule has 0 radical (unpaired) electrons. The Morgan fingerprint density at radius 3 is 2.12 bits per heavy atom. The zero-order valence-corrected chi connectivity index (χ0v) is 27.5. The molecule has 0 heterocycles. The van der Waals surface area contributed by atoms with Crippen molar-refractivity contribution in [3.05, 3.63) is 87.9 Å². The van der Waals surface area contributed by atoms with Crippen molar-refractivity contribution in [2.24, 2.45) is 0 Å². The van der Waals surface area contributed by atoms with Gasteiger partial charge in [0.2, 0.25) is 11.8 Å². The van der Waals surface area contributed by atoms with Gasteiger partial charge in [-0.2, -0.15) is 0 Å². The van der Waals surface area contributed by atoms with Crippen molar-refractivity contribution >= 4 is 50.7 Å². The van der Waals surface area contributed by atoms with Crippen LogP contribution in [0.5, 0.6) is 5.75 Å². The monoisotopic (exact) mass is 647 g/mol. The Morgan fingerprint density at radius 1 is 0.907 bits per heavy atom. The molecule has 0 aromatic heterocycles.